The number of piperazine rings is 1. The summed E-state index contributed by atoms with van der Waals surface area (Å²) >= 11 is 1.77. The minimum Gasteiger partial charge on any atom is -0.349 e. The summed E-state index contributed by atoms with van der Waals surface area (Å²) in [5.41, 5.74) is 1.70. The molecule has 2 atom stereocenters. The van der Waals surface area contributed by atoms with Gasteiger partial charge in [-0.2, -0.15) is 0 Å². The number of nitrogens with one attached hydrogen (secondary N) is 1. The zero-order valence-electron chi connectivity index (χ0n) is 15.3. The second kappa shape index (κ2) is 6.50. The molecule has 3 heterocycles. The predicted octanol–water partition coefficient (Wildman–Crippen LogP) is 3.25. The lowest BCUT2D eigenvalue weighted by Gasteiger charge is -2.39. The molecule has 5 nitrogen and oxygen atoms in total. The lowest BCUT2D eigenvalue weighted by molar-refractivity contribution is 0.0938. The number of likely N-dealkylation sites (tertiary alicyclic amines) is 1. The van der Waals surface area contributed by atoms with E-state index in [1.54, 1.807) is 11.3 Å². The zero-order valence-corrected chi connectivity index (χ0v) is 16.1. The highest BCUT2D eigenvalue weighted by Gasteiger charge is 2.40. The Bertz CT molecular complexity index is 814. The molecule has 1 saturated carbocycles. The second-order valence-electron chi connectivity index (χ2n) is 8.15. The molecule has 2 unspecified atom stereocenters. The maximum absolute atomic E-state index is 12.6. The summed E-state index contributed by atoms with van der Waals surface area (Å²) in [6.07, 6.45) is 7.21. The van der Waals surface area contributed by atoms with Gasteiger partial charge in [-0.05, 0) is 50.9 Å². The van der Waals surface area contributed by atoms with Crippen molar-refractivity contribution >= 4 is 32.6 Å². The summed E-state index contributed by atoms with van der Waals surface area (Å²) < 4.78 is 1.18. The van der Waals surface area contributed by atoms with E-state index in [4.69, 9.17) is 4.98 Å². The predicted molar refractivity (Wildman–Crippen MR) is 106 cm³/mol. The molecule has 2 aliphatic heterocycles. The Morgan fingerprint density at radius 1 is 1.15 bits per heavy atom. The molecular weight excluding hydrogens is 344 g/mol. The number of benzene rings is 1. The van der Waals surface area contributed by atoms with Crippen LogP contribution in [0.5, 0.6) is 0 Å². The topological polar surface area (TPSA) is 48.5 Å². The highest BCUT2D eigenvalue weighted by Crippen LogP contribution is 2.38. The van der Waals surface area contributed by atoms with Gasteiger partial charge in [-0.3, -0.25) is 4.79 Å². The lowest BCUT2D eigenvalue weighted by Crippen LogP contribution is -2.52. The normalized spacial score (nSPS) is 26.7. The number of rotatable bonds is 3. The van der Waals surface area contributed by atoms with Crippen LogP contribution in [-0.2, 0) is 0 Å². The maximum atomic E-state index is 12.6. The summed E-state index contributed by atoms with van der Waals surface area (Å²) in [6, 6.07) is 7.52. The van der Waals surface area contributed by atoms with Gasteiger partial charge in [-0.1, -0.05) is 24.2 Å². The summed E-state index contributed by atoms with van der Waals surface area (Å²) in [5, 5.41) is 4.31. The molecule has 0 spiro atoms. The number of nitrogens with zero attached hydrogens (tertiary/aromatic N) is 3. The van der Waals surface area contributed by atoms with Gasteiger partial charge in [0.05, 0.1) is 10.2 Å². The number of likely N-dealkylation sites (N-methyl/N-ethyl adjacent to an activating group) is 1. The van der Waals surface area contributed by atoms with Crippen molar-refractivity contribution in [3.05, 3.63) is 23.8 Å². The Labute approximate surface area is 158 Å². The molecule has 6 heteroatoms. The SMILES string of the molecule is CN1CC2CCC(C1)N2c1nc2cc(C(=O)NC3CCCC3)ccc2s1. The second-order valence-corrected chi connectivity index (χ2v) is 9.16. The van der Waals surface area contributed by atoms with E-state index >= 15 is 0 Å². The highest BCUT2D eigenvalue weighted by molar-refractivity contribution is 7.22. The maximum Gasteiger partial charge on any atom is 0.251 e. The zero-order chi connectivity index (χ0) is 17.7. The van der Waals surface area contributed by atoms with Gasteiger partial charge in [0, 0.05) is 36.8 Å². The van der Waals surface area contributed by atoms with E-state index in [-0.39, 0.29) is 5.91 Å². The first-order valence-electron chi connectivity index (χ1n) is 9.86. The quantitative estimate of drug-likeness (QED) is 0.901. The van der Waals surface area contributed by atoms with Crippen molar-refractivity contribution in [3.8, 4) is 0 Å². The van der Waals surface area contributed by atoms with Gasteiger partial charge in [0.1, 0.15) is 0 Å². The molecule has 3 fully saturated rings. The van der Waals surface area contributed by atoms with Crippen LogP contribution in [0.1, 0.15) is 48.9 Å². The standard InChI is InChI=1S/C20H26N4OS/c1-23-11-15-7-8-16(12-23)24(15)20-22-17-10-13(6-9-18(17)26-20)19(25)21-14-4-2-3-5-14/h6,9-10,14-16H,2-5,7-8,11-12H2,1H3,(H,21,25). The molecule has 2 aromatic rings. The first-order chi connectivity index (χ1) is 12.7. The van der Waals surface area contributed by atoms with Crippen LogP contribution in [0.15, 0.2) is 18.2 Å². The number of anilines is 1. The summed E-state index contributed by atoms with van der Waals surface area (Å²) in [4.78, 5) is 22.5. The van der Waals surface area contributed by atoms with Gasteiger partial charge in [0.2, 0.25) is 0 Å². The van der Waals surface area contributed by atoms with Gasteiger partial charge < -0.3 is 15.1 Å². The third-order valence-corrected chi connectivity index (χ3v) is 7.26. The molecule has 26 heavy (non-hydrogen) atoms. The highest BCUT2D eigenvalue weighted by atomic mass is 32.1. The Morgan fingerprint density at radius 3 is 2.62 bits per heavy atom. The first-order valence-corrected chi connectivity index (χ1v) is 10.7. The minimum atomic E-state index is 0.0491. The minimum absolute atomic E-state index is 0.0491. The molecule has 1 amide bonds. The Balaban J connectivity index is 1.39. The van der Waals surface area contributed by atoms with Crippen molar-refractivity contribution in [2.75, 3.05) is 25.0 Å². The van der Waals surface area contributed by atoms with E-state index in [1.807, 2.05) is 12.1 Å². The smallest absolute Gasteiger partial charge is 0.251 e. The van der Waals surface area contributed by atoms with Gasteiger partial charge >= 0.3 is 0 Å². The number of amides is 1. The van der Waals surface area contributed by atoms with Crippen LogP contribution in [0.4, 0.5) is 5.13 Å². The fourth-order valence-corrected chi connectivity index (χ4v) is 6.02. The van der Waals surface area contributed by atoms with Gasteiger partial charge in [0.25, 0.3) is 5.91 Å². The van der Waals surface area contributed by atoms with E-state index < -0.39 is 0 Å². The molecule has 1 aromatic carbocycles. The molecule has 2 bridgehead atoms. The number of thiazole rings is 1. The van der Waals surface area contributed by atoms with E-state index in [9.17, 15) is 4.79 Å². The monoisotopic (exact) mass is 370 g/mol. The average Bonchev–Trinajstić information content (AvgIpc) is 3.32. The van der Waals surface area contributed by atoms with Crippen LogP contribution < -0.4 is 10.2 Å². The third-order valence-electron chi connectivity index (χ3n) is 6.21. The molecular formula is C20H26N4OS. The van der Waals surface area contributed by atoms with Crippen molar-refractivity contribution in [3.63, 3.8) is 0 Å². The van der Waals surface area contributed by atoms with Crippen molar-refractivity contribution in [1.29, 1.82) is 0 Å². The van der Waals surface area contributed by atoms with Crippen LogP contribution in [0.2, 0.25) is 0 Å². The summed E-state index contributed by atoms with van der Waals surface area (Å²) in [5.74, 6) is 0.0491. The largest absolute Gasteiger partial charge is 0.349 e. The summed E-state index contributed by atoms with van der Waals surface area (Å²) in [7, 11) is 2.22. The molecule has 0 radical (unpaired) electrons. The fraction of sp³-hybridized carbons (Fsp3) is 0.600. The molecule has 138 valence electrons. The van der Waals surface area contributed by atoms with Crippen molar-refractivity contribution in [2.45, 2.75) is 56.7 Å². The Morgan fingerprint density at radius 2 is 1.88 bits per heavy atom. The van der Waals surface area contributed by atoms with Crippen LogP contribution in [0.25, 0.3) is 10.2 Å². The van der Waals surface area contributed by atoms with E-state index in [0.29, 0.717) is 18.1 Å². The molecule has 3 aliphatic rings. The number of carbonyl (C=O) groups is 1. The molecule has 1 aliphatic carbocycles. The van der Waals surface area contributed by atoms with Crippen molar-refractivity contribution < 1.29 is 4.79 Å². The third kappa shape index (κ3) is 2.89. The number of aromatic nitrogens is 1. The van der Waals surface area contributed by atoms with Crippen molar-refractivity contribution in [1.82, 2.24) is 15.2 Å². The number of carbonyl (C=O) groups excluding carboxylic acids is 1. The molecule has 5 rings (SSSR count). The van der Waals surface area contributed by atoms with Gasteiger partial charge in [-0.15, -0.1) is 0 Å². The van der Waals surface area contributed by atoms with E-state index in [0.717, 1.165) is 42.1 Å². The van der Waals surface area contributed by atoms with Crippen LogP contribution in [0, 0.1) is 0 Å². The van der Waals surface area contributed by atoms with Crippen LogP contribution >= 0.6 is 11.3 Å². The molecule has 1 aromatic heterocycles. The van der Waals surface area contributed by atoms with E-state index in [1.165, 1.54) is 30.4 Å². The first kappa shape index (κ1) is 16.5. The number of hydrogen-bond acceptors (Lipinski definition) is 5. The fourth-order valence-electron chi connectivity index (χ4n) is 4.93. The van der Waals surface area contributed by atoms with Gasteiger partial charge in [0.15, 0.2) is 5.13 Å². The van der Waals surface area contributed by atoms with Crippen LogP contribution in [0.3, 0.4) is 0 Å². The summed E-state index contributed by atoms with van der Waals surface area (Å²) in [6.45, 7) is 2.25. The Hall–Kier alpha value is -1.66. The average molecular weight is 371 g/mol. The molecule has 2 saturated heterocycles. The molecule has 1 N–H and O–H groups in total. The van der Waals surface area contributed by atoms with E-state index in [2.05, 4.69) is 28.2 Å². The van der Waals surface area contributed by atoms with Crippen LogP contribution in [-0.4, -0.2) is 54.1 Å². The van der Waals surface area contributed by atoms with Crippen molar-refractivity contribution in [2.24, 2.45) is 0 Å². The van der Waals surface area contributed by atoms with Gasteiger partial charge in [-0.25, -0.2) is 4.98 Å². The lowest BCUT2D eigenvalue weighted by atomic mass is 10.1. The number of fused-ring (bicyclic) bond motifs is 3. The number of hydrogen-bond donors (Lipinski definition) is 1. The Kier molecular flexibility index (Phi) is 4.13.